The van der Waals surface area contributed by atoms with Crippen molar-refractivity contribution in [1.82, 2.24) is 10.3 Å². The van der Waals surface area contributed by atoms with Crippen molar-refractivity contribution < 1.29 is 9.47 Å². The molecule has 0 spiro atoms. The van der Waals surface area contributed by atoms with Gasteiger partial charge in [-0.05, 0) is 60.0 Å². The van der Waals surface area contributed by atoms with Crippen LogP contribution in [0.15, 0.2) is 79.0 Å². The lowest BCUT2D eigenvalue weighted by Crippen LogP contribution is -2.17. The minimum absolute atomic E-state index is 0.797. The molecule has 0 unspecified atom stereocenters. The molecule has 0 fully saturated rings. The van der Waals surface area contributed by atoms with Crippen molar-refractivity contribution in [1.29, 1.82) is 0 Å². The van der Waals surface area contributed by atoms with E-state index in [1.54, 1.807) is 14.2 Å². The van der Waals surface area contributed by atoms with E-state index in [0.29, 0.717) is 0 Å². The third-order valence-electron chi connectivity index (χ3n) is 5.28. The zero-order chi connectivity index (χ0) is 20.8. The Morgan fingerprint density at radius 2 is 1.70 bits per heavy atom. The van der Waals surface area contributed by atoms with Crippen LogP contribution in [0.1, 0.15) is 11.1 Å². The molecule has 1 aromatic heterocycles. The van der Waals surface area contributed by atoms with Crippen molar-refractivity contribution in [3.63, 3.8) is 0 Å². The summed E-state index contributed by atoms with van der Waals surface area (Å²) in [5, 5.41) is 4.75. The number of pyridine rings is 1. The summed E-state index contributed by atoms with van der Waals surface area (Å²) in [6.45, 7) is 1.69. The second kappa shape index (κ2) is 9.42. The third kappa shape index (κ3) is 4.44. The van der Waals surface area contributed by atoms with Gasteiger partial charge in [0, 0.05) is 23.7 Å². The molecule has 0 saturated carbocycles. The summed E-state index contributed by atoms with van der Waals surface area (Å²) in [4.78, 5) is 4.54. The Labute approximate surface area is 177 Å². The zero-order valence-corrected chi connectivity index (χ0v) is 17.4. The Morgan fingerprint density at radius 1 is 0.867 bits per heavy atom. The molecule has 0 amide bonds. The lowest BCUT2D eigenvalue weighted by atomic mass is 10.0. The van der Waals surface area contributed by atoms with Gasteiger partial charge in [0.2, 0.25) is 0 Å². The molecule has 4 nitrogen and oxygen atoms in total. The van der Waals surface area contributed by atoms with Gasteiger partial charge in [0.1, 0.15) is 11.5 Å². The minimum Gasteiger partial charge on any atom is -0.497 e. The van der Waals surface area contributed by atoms with Crippen molar-refractivity contribution in [3.05, 3.63) is 90.1 Å². The molecule has 1 N–H and O–H groups in total. The molecule has 0 saturated heterocycles. The fourth-order valence-corrected chi connectivity index (χ4v) is 3.69. The van der Waals surface area contributed by atoms with E-state index in [4.69, 9.17) is 9.47 Å². The summed E-state index contributed by atoms with van der Waals surface area (Å²) >= 11 is 0. The van der Waals surface area contributed by atoms with Gasteiger partial charge in [-0.2, -0.15) is 0 Å². The molecule has 0 radical (unpaired) electrons. The molecule has 4 aromatic rings. The van der Waals surface area contributed by atoms with Crippen LogP contribution < -0.4 is 14.8 Å². The molecule has 152 valence electrons. The largest absolute Gasteiger partial charge is 0.497 e. The number of rotatable bonds is 8. The summed E-state index contributed by atoms with van der Waals surface area (Å²) in [5.41, 5.74) is 5.77. The molecule has 4 rings (SSSR count). The predicted molar refractivity (Wildman–Crippen MR) is 122 cm³/mol. The zero-order valence-electron chi connectivity index (χ0n) is 17.4. The average molecular weight is 399 g/mol. The van der Waals surface area contributed by atoms with Crippen LogP contribution in [-0.2, 0) is 13.0 Å². The Bertz CT molecular complexity index is 1120. The maximum Gasteiger partial charge on any atom is 0.126 e. The first-order chi connectivity index (χ1) is 14.8. The average Bonchev–Trinajstić information content (AvgIpc) is 2.82. The third-order valence-corrected chi connectivity index (χ3v) is 5.28. The molecule has 3 aromatic carbocycles. The smallest absolute Gasteiger partial charge is 0.126 e. The lowest BCUT2D eigenvalue weighted by molar-refractivity contribution is 0.414. The molecular formula is C26H26N2O2. The summed E-state index contributed by atoms with van der Waals surface area (Å²) in [7, 11) is 3.38. The van der Waals surface area contributed by atoms with Crippen LogP contribution in [0.2, 0.25) is 0 Å². The van der Waals surface area contributed by atoms with E-state index in [9.17, 15) is 0 Å². The van der Waals surface area contributed by atoms with E-state index >= 15 is 0 Å². The number of hydrogen-bond acceptors (Lipinski definition) is 4. The first-order valence-corrected chi connectivity index (χ1v) is 10.1. The normalized spacial score (nSPS) is 10.9. The fraction of sp³-hybridized carbons (Fsp3) is 0.192. The van der Waals surface area contributed by atoms with Crippen LogP contribution in [0.5, 0.6) is 11.5 Å². The van der Waals surface area contributed by atoms with Crippen molar-refractivity contribution in [2.75, 3.05) is 20.8 Å². The number of aromatic nitrogens is 1. The summed E-state index contributed by atoms with van der Waals surface area (Å²) in [6.07, 6.45) is 2.80. The predicted octanol–water partition coefficient (Wildman–Crippen LogP) is 5.25. The molecule has 0 aliphatic rings. The van der Waals surface area contributed by atoms with Crippen LogP contribution in [0.4, 0.5) is 0 Å². The summed E-state index contributed by atoms with van der Waals surface area (Å²) in [5.74, 6) is 1.71. The molecular weight excluding hydrogens is 372 g/mol. The molecule has 0 atom stereocenters. The first-order valence-electron chi connectivity index (χ1n) is 10.1. The molecule has 0 aliphatic heterocycles. The minimum atomic E-state index is 0.797. The Morgan fingerprint density at radius 3 is 2.50 bits per heavy atom. The monoisotopic (exact) mass is 398 g/mol. The van der Waals surface area contributed by atoms with Crippen molar-refractivity contribution in [2.24, 2.45) is 0 Å². The van der Waals surface area contributed by atoms with Gasteiger partial charge in [0.05, 0.1) is 19.7 Å². The van der Waals surface area contributed by atoms with Gasteiger partial charge in [-0.25, -0.2) is 0 Å². The molecule has 30 heavy (non-hydrogen) atoms. The van der Waals surface area contributed by atoms with E-state index in [1.807, 2.05) is 30.5 Å². The Kier molecular flexibility index (Phi) is 6.26. The SMILES string of the molecule is COc1ccc(-c2cc(CNCCc3cccc4cccnc34)ccc2OC)cc1. The molecule has 0 aliphatic carbocycles. The van der Waals surface area contributed by atoms with Crippen LogP contribution in [0.3, 0.4) is 0 Å². The van der Waals surface area contributed by atoms with Gasteiger partial charge in [0.15, 0.2) is 0 Å². The Hall–Kier alpha value is -3.37. The highest BCUT2D eigenvalue weighted by atomic mass is 16.5. The molecule has 1 heterocycles. The van der Waals surface area contributed by atoms with Gasteiger partial charge in [0.25, 0.3) is 0 Å². The number of benzene rings is 3. The highest BCUT2D eigenvalue weighted by Crippen LogP contribution is 2.32. The van der Waals surface area contributed by atoms with Gasteiger partial charge >= 0.3 is 0 Å². The van der Waals surface area contributed by atoms with E-state index in [2.05, 4.69) is 58.8 Å². The maximum absolute atomic E-state index is 5.58. The van der Waals surface area contributed by atoms with E-state index in [0.717, 1.165) is 47.7 Å². The van der Waals surface area contributed by atoms with Gasteiger partial charge in [-0.15, -0.1) is 0 Å². The first kappa shape index (κ1) is 19.9. The highest BCUT2D eigenvalue weighted by molar-refractivity contribution is 5.81. The van der Waals surface area contributed by atoms with Gasteiger partial charge in [-0.3, -0.25) is 4.98 Å². The second-order valence-corrected chi connectivity index (χ2v) is 7.18. The van der Waals surface area contributed by atoms with Crippen LogP contribution in [0.25, 0.3) is 22.0 Å². The number of nitrogens with zero attached hydrogens (tertiary/aromatic N) is 1. The fourth-order valence-electron chi connectivity index (χ4n) is 3.69. The maximum atomic E-state index is 5.58. The van der Waals surface area contributed by atoms with Gasteiger partial charge in [-0.1, -0.05) is 42.5 Å². The summed E-state index contributed by atoms with van der Waals surface area (Å²) in [6, 6.07) is 24.8. The number of fused-ring (bicyclic) bond motifs is 1. The molecule has 0 bridgehead atoms. The quantitative estimate of drug-likeness (QED) is 0.412. The number of ether oxygens (including phenoxy) is 2. The van der Waals surface area contributed by atoms with E-state index in [-0.39, 0.29) is 0 Å². The van der Waals surface area contributed by atoms with Crippen molar-refractivity contribution >= 4 is 10.9 Å². The van der Waals surface area contributed by atoms with E-state index in [1.165, 1.54) is 16.5 Å². The van der Waals surface area contributed by atoms with Crippen molar-refractivity contribution in [2.45, 2.75) is 13.0 Å². The standard InChI is InChI=1S/C26H26N2O2/c1-29-23-11-9-20(10-12-23)24-17-19(8-13-25(24)30-2)18-27-16-14-22-6-3-5-21-7-4-15-28-26(21)22/h3-13,15,17,27H,14,16,18H2,1-2H3. The number of methoxy groups -OCH3 is 2. The van der Waals surface area contributed by atoms with Crippen LogP contribution >= 0.6 is 0 Å². The van der Waals surface area contributed by atoms with Gasteiger partial charge < -0.3 is 14.8 Å². The second-order valence-electron chi connectivity index (χ2n) is 7.18. The summed E-state index contributed by atoms with van der Waals surface area (Å²) < 4.78 is 10.8. The number of para-hydroxylation sites is 1. The highest BCUT2D eigenvalue weighted by Gasteiger charge is 2.08. The van der Waals surface area contributed by atoms with E-state index < -0.39 is 0 Å². The topological polar surface area (TPSA) is 43.4 Å². The van der Waals surface area contributed by atoms with Crippen LogP contribution in [0, 0.1) is 0 Å². The number of nitrogens with one attached hydrogen (secondary N) is 1. The lowest BCUT2D eigenvalue weighted by Gasteiger charge is -2.12. The van der Waals surface area contributed by atoms with Crippen molar-refractivity contribution in [3.8, 4) is 22.6 Å². The number of hydrogen-bond donors (Lipinski definition) is 1. The molecule has 4 heteroatoms. The van der Waals surface area contributed by atoms with Crippen LogP contribution in [-0.4, -0.2) is 25.7 Å². The Balaban J connectivity index is 1.43.